The first-order valence-electron chi connectivity index (χ1n) is 6.98. The molecule has 1 aromatic rings. The van der Waals surface area contributed by atoms with Gasteiger partial charge in [0.2, 0.25) is 0 Å². The van der Waals surface area contributed by atoms with Crippen molar-refractivity contribution in [3.63, 3.8) is 0 Å². The molecule has 1 amide bonds. The van der Waals surface area contributed by atoms with Crippen LogP contribution in [-0.2, 0) is 6.42 Å². The summed E-state index contributed by atoms with van der Waals surface area (Å²) in [6.07, 6.45) is 5.86. The van der Waals surface area contributed by atoms with Gasteiger partial charge in [0.15, 0.2) is 0 Å². The summed E-state index contributed by atoms with van der Waals surface area (Å²) in [5, 5.41) is 4.33. The van der Waals surface area contributed by atoms with Crippen molar-refractivity contribution >= 4 is 29.0 Å². The summed E-state index contributed by atoms with van der Waals surface area (Å²) in [6, 6.07) is 0.649. The first-order chi connectivity index (χ1) is 9.20. The highest BCUT2D eigenvalue weighted by Crippen LogP contribution is 2.39. The molecule has 2 aliphatic heterocycles. The fraction of sp³-hybridized carbons (Fsp3) is 0.769. The van der Waals surface area contributed by atoms with Crippen molar-refractivity contribution in [1.82, 2.24) is 14.5 Å². The van der Waals surface area contributed by atoms with Gasteiger partial charge in [-0.2, -0.15) is 0 Å². The quantitative estimate of drug-likeness (QED) is 0.806. The highest BCUT2D eigenvalue weighted by Gasteiger charge is 2.43. The molecule has 3 heterocycles. The summed E-state index contributed by atoms with van der Waals surface area (Å²) >= 11 is 7.50. The van der Waals surface area contributed by atoms with Crippen LogP contribution in [0.2, 0.25) is 0 Å². The number of hydrogen-bond donors (Lipinski definition) is 0. The number of nitrogens with zero attached hydrogens (tertiary/aromatic N) is 3. The van der Waals surface area contributed by atoms with Gasteiger partial charge in [0.25, 0.3) is 5.91 Å². The van der Waals surface area contributed by atoms with E-state index < -0.39 is 0 Å². The number of carbonyl (C=O) groups excluding carboxylic acids is 1. The smallest absolute Gasteiger partial charge is 0.268 e. The number of fused-ring (bicyclic) bond motifs is 2. The van der Waals surface area contributed by atoms with Gasteiger partial charge in [-0.05, 0) is 43.6 Å². The van der Waals surface area contributed by atoms with Gasteiger partial charge in [-0.25, -0.2) is 0 Å². The summed E-state index contributed by atoms with van der Waals surface area (Å²) in [5.74, 6) is 0.134. The molecule has 104 valence electrons. The van der Waals surface area contributed by atoms with Gasteiger partial charge in [0.1, 0.15) is 4.88 Å². The first-order valence-corrected chi connectivity index (χ1v) is 8.19. The minimum atomic E-state index is 0.134. The van der Waals surface area contributed by atoms with E-state index in [2.05, 4.69) is 21.4 Å². The fourth-order valence-corrected chi connectivity index (χ4v) is 4.40. The van der Waals surface area contributed by atoms with E-state index in [1.165, 1.54) is 11.5 Å². The molecular formula is C13H18ClN3OS. The molecule has 0 aromatic carbocycles. The van der Waals surface area contributed by atoms with Crippen molar-refractivity contribution in [3.8, 4) is 0 Å². The van der Waals surface area contributed by atoms with Crippen LogP contribution < -0.4 is 0 Å². The molecule has 2 bridgehead atoms. The highest BCUT2D eigenvalue weighted by molar-refractivity contribution is 7.08. The zero-order valence-corrected chi connectivity index (χ0v) is 12.6. The van der Waals surface area contributed by atoms with Gasteiger partial charge in [-0.1, -0.05) is 17.8 Å². The molecule has 19 heavy (non-hydrogen) atoms. The average Bonchev–Trinajstić information content (AvgIpc) is 2.93. The van der Waals surface area contributed by atoms with Gasteiger partial charge in [0, 0.05) is 17.5 Å². The Hall–Kier alpha value is -0.680. The largest absolute Gasteiger partial charge is 0.332 e. The second-order valence-electron chi connectivity index (χ2n) is 5.46. The Bertz CT molecular complexity index is 464. The Morgan fingerprint density at radius 3 is 2.74 bits per heavy atom. The van der Waals surface area contributed by atoms with E-state index in [1.54, 1.807) is 0 Å². The Morgan fingerprint density at radius 1 is 1.42 bits per heavy atom. The molecule has 0 aliphatic carbocycles. The molecule has 0 radical (unpaired) electrons. The Balaban J connectivity index is 1.82. The van der Waals surface area contributed by atoms with Gasteiger partial charge in [0.05, 0.1) is 5.69 Å². The minimum absolute atomic E-state index is 0.134. The molecule has 2 aliphatic rings. The fourth-order valence-electron chi connectivity index (χ4n) is 3.33. The second kappa shape index (κ2) is 5.37. The summed E-state index contributed by atoms with van der Waals surface area (Å²) in [7, 11) is 0. The van der Waals surface area contributed by atoms with Crippen LogP contribution in [0.15, 0.2) is 0 Å². The number of rotatable bonds is 3. The van der Waals surface area contributed by atoms with E-state index in [4.69, 9.17) is 11.6 Å². The Kier molecular flexibility index (Phi) is 3.76. The number of alkyl halides is 1. The molecule has 2 fully saturated rings. The molecule has 4 nitrogen and oxygen atoms in total. The normalized spacial score (nSPS) is 29.8. The lowest BCUT2D eigenvalue weighted by Gasteiger charge is -2.36. The predicted molar refractivity (Wildman–Crippen MR) is 75.8 cm³/mol. The van der Waals surface area contributed by atoms with Crippen molar-refractivity contribution in [2.24, 2.45) is 0 Å². The average molecular weight is 300 g/mol. The van der Waals surface area contributed by atoms with Gasteiger partial charge in [-0.15, -0.1) is 16.7 Å². The standard InChI is InChI=1S/C13H18ClN3OS/c1-2-3-11-12(19-16-15-11)13(18)17-9-4-5-10(17)7-8(14)6-9/h8-10H,2-7H2,1H3. The summed E-state index contributed by atoms with van der Waals surface area (Å²) in [6.45, 7) is 2.09. The number of hydrogen-bond acceptors (Lipinski definition) is 4. The van der Waals surface area contributed by atoms with Crippen LogP contribution in [0.3, 0.4) is 0 Å². The number of aromatic nitrogens is 2. The third-order valence-corrected chi connectivity index (χ3v) is 5.26. The number of piperidine rings is 1. The lowest BCUT2D eigenvalue weighted by molar-refractivity contribution is 0.0603. The van der Waals surface area contributed by atoms with Crippen molar-refractivity contribution in [2.45, 2.75) is 62.9 Å². The molecule has 0 saturated carbocycles. The Labute approximate surface area is 122 Å². The molecule has 0 N–H and O–H groups in total. The van der Waals surface area contributed by atoms with Crippen LogP contribution in [0.5, 0.6) is 0 Å². The molecule has 2 saturated heterocycles. The van der Waals surface area contributed by atoms with E-state index in [0.717, 1.165) is 49.1 Å². The zero-order valence-electron chi connectivity index (χ0n) is 11.0. The van der Waals surface area contributed by atoms with Crippen LogP contribution in [0.1, 0.15) is 54.4 Å². The highest BCUT2D eigenvalue weighted by atomic mass is 35.5. The van der Waals surface area contributed by atoms with Crippen molar-refractivity contribution in [2.75, 3.05) is 0 Å². The first kappa shape index (κ1) is 13.3. The van der Waals surface area contributed by atoms with Gasteiger partial charge < -0.3 is 4.90 Å². The number of amides is 1. The lowest BCUT2D eigenvalue weighted by atomic mass is 10.0. The molecule has 2 atom stereocenters. The van der Waals surface area contributed by atoms with E-state index >= 15 is 0 Å². The number of halogens is 1. The summed E-state index contributed by atoms with van der Waals surface area (Å²) < 4.78 is 3.96. The lowest BCUT2D eigenvalue weighted by Crippen LogP contribution is -2.46. The van der Waals surface area contributed by atoms with E-state index in [9.17, 15) is 4.79 Å². The molecule has 6 heteroatoms. The van der Waals surface area contributed by atoms with Crippen LogP contribution in [0.25, 0.3) is 0 Å². The number of aryl methyl sites for hydroxylation is 1. The van der Waals surface area contributed by atoms with Gasteiger partial charge in [-0.3, -0.25) is 4.79 Å². The predicted octanol–water partition coefficient (Wildman–Crippen LogP) is 2.87. The van der Waals surface area contributed by atoms with E-state index in [-0.39, 0.29) is 11.3 Å². The molecular weight excluding hydrogens is 282 g/mol. The topological polar surface area (TPSA) is 46.1 Å². The van der Waals surface area contributed by atoms with Crippen molar-refractivity contribution < 1.29 is 4.79 Å². The van der Waals surface area contributed by atoms with Crippen LogP contribution in [0, 0.1) is 0 Å². The van der Waals surface area contributed by atoms with Gasteiger partial charge >= 0.3 is 0 Å². The molecule has 3 rings (SSSR count). The third-order valence-electron chi connectivity index (χ3n) is 4.15. The third kappa shape index (κ3) is 2.38. The molecule has 0 spiro atoms. The monoisotopic (exact) mass is 299 g/mol. The second-order valence-corrected chi connectivity index (χ2v) is 6.84. The summed E-state index contributed by atoms with van der Waals surface area (Å²) in [5.41, 5.74) is 0.866. The van der Waals surface area contributed by atoms with Crippen LogP contribution in [0.4, 0.5) is 0 Å². The molecule has 1 aromatic heterocycles. The Morgan fingerprint density at radius 2 is 2.11 bits per heavy atom. The van der Waals surface area contributed by atoms with E-state index in [0.29, 0.717) is 12.1 Å². The van der Waals surface area contributed by atoms with Crippen molar-refractivity contribution in [3.05, 3.63) is 10.6 Å². The zero-order chi connectivity index (χ0) is 13.4. The van der Waals surface area contributed by atoms with E-state index in [1.807, 2.05) is 0 Å². The summed E-state index contributed by atoms with van der Waals surface area (Å²) in [4.78, 5) is 15.5. The SMILES string of the molecule is CCCc1nnsc1C(=O)N1C2CCC1CC(Cl)C2. The van der Waals surface area contributed by atoms with Crippen LogP contribution >= 0.6 is 23.1 Å². The van der Waals surface area contributed by atoms with Crippen molar-refractivity contribution in [1.29, 1.82) is 0 Å². The maximum atomic E-state index is 12.7. The maximum absolute atomic E-state index is 12.7. The molecule has 2 unspecified atom stereocenters. The maximum Gasteiger partial charge on any atom is 0.268 e. The minimum Gasteiger partial charge on any atom is -0.332 e. The van der Waals surface area contributed by atoms with Crippen LogP contribution in [-0.4, -0.2) is 37.9 Å². The number of carbonyl (C=O) groups is 1.